The van der Waals surface area contributed by atoms with Gasteiger partial charge in [-0.2, -0.15) is 8.42 Å². The van der Waals surface area contributed by atoms with Crippen LogP contribution in [0, 0.1) is 0 Å². The van der Waals surface area contributed by atoms with Crippen LogP contribution in [0.2, 0.25) is 0 Å². The zero-order chi connectivity index (χ0) is 15.4. The highest BCUT2D eigenvalue weighted by Crippen LogP contribution is 2.13. The van der Waals surface area contributed by atoms with E-state index in [0.717, 1.165) is 0 Å². The molecule has 0 aliphatic heterocycles. The van der Waals surface area contributed by atoms with E-state index >= 15 is 0 Å². The maximum Gasteiger partial charge on any atom is 0.412 e. The summed E-state index contributed by atoms with van der Waals surface area (Å²) in [5, 5.41) is 7.27. The number of nitrogens with two attached hydrogens (primary N) is 1. The summed E-state index contributed by atoms with van der Waals surface area (Å²) in [5.41, 5.74) is 0.556. The van der Waals surface area contributed by atoms with Gasteiger partial charge < -0.3 is 4.74 Å². The van der Waals surface area contributed by atoms with Gasteiger partial charge >= 0.3 is 16.4 Å². The highest BCUT2D eigenvalue weighted by atomic mass is 32.2. The van der Waals surface area contributed by atoms with Crippen molar-refractivity contribution in [2.24, 2.45) is 5.14 Å². The smallest absolute Gasteiger partial charge is 0.412 e. The summed E-state index contributed by atoms with van der Waals surface area (Å²) < 4.78 is 30.8. The predicted molar refractivity (Wildman–Crippen MR) is 74.2 cm³/mol. The lowest BCUT2D eigenvalue weighted by molar-refractivity contribution is 0.0636. The molecule has 0 atom stereocenters. The minimum Gasteiger partial charge on any atom is -0.444 e. The van der Waals surface area contributed by atoms with Crippen LogP contribution < -0.4 is 10.5 Å². The first-order valence-corrected chi connectivity index (χ1v) is 7.28. The Morgan fingerprint density at radius 1 is 1.25 bits per heavy atom. The molecular weight excluding hydrogens is 284 g/mol. The number of hydrogen-bond acceptors (Lipinski definition) is 5. The molecule has 0 bridgehead atoms. The molecule has 20 heavy (non-hydrogen) atoms. The van der Waals surface area contributed by atoms with Gasteiger partial charge in [-0.05, 0) is 38.5 Å². The second-order valence-corrected chi connectivity index (χ2v) is 6.30. The summed E-state index contributed by atoms with van der Waals surface area (Å²) in [4.78, 5) is 11.5. The molecule has 1 rings (SSSR count). The van der Waals surface area contributed by atoms with Crippen LogP contribution in [0.4, 0.5) is 10.5 Å². The van der Waals surface area contributed by atoms with E-state index in [4.69, 9.17) is 9.88 Å². The van der Waals surface area contributed by atoms with Gasteiger partial charge in [-0.25, -0.2) is 9.93 Å². The summed E-state index contributed by atoms with van der Waals surface area (Å²) in [6, 6.07) is 6.42. The molecule has 0 aliphatic rings. The minimum atomic E-state index is -3.96. The number of hydrogen-bond donors (Lipinski definition) is 2. The fourth-order valence-corrected chi connectivity index (χ4v) is 1.56. The Bertz CT molecular complexity index is 561. The molecule has 1 aromatic carbocycles. The number of anilines is 1. The van der Waals surface area contributed by atoms with E-state index in [1.54, 1.807) is 45.0 Å². The summed E-state index contributed by atoms with van der Waals surface area (Å²) in [5.74, 6) is 0. The Hall–Kier alpha value is -1.64. The zero-order valence-electron chi connectivity index (χ0n) is 11.5. The third-order valence-electron chi connectivity index (χ3n) is 1.99. The molecule has 0 aliphatic carbocycles. The van der Waals surface area contributed by atoms with E-state index in [0.29, 0.717) is 11.3 Å². The topological polar surface area (TPSA) is 108 Å². The van der Waals surface area contributed by atoms with Crippen LogP contribution in [0.3, 0.4) is 0 Å². The highest BCUT2D eigenvalue weighted by Gasteiger charge is 2.16. The number of carbonyl (C=O) groups is 1. The number of rotatable bonds is 4. The normalized spacial score (nSPS) is 12.0. The van der Waals surface area contributed by atoms with Crippen molar-refractivity contribution < 1.29 is 22.1 Å². The molecule has 0 spiro atoms. The Kier molecular flexibility index (Phi) is 5.09. The van der Waals surface area contributed by atoms with E-state index in [9.17, 15) is 13.2 Å². The van der Waals surface area contributed by atoms with Crippen molar-refractivity contribution >= 4 is 22.1 Å². The summed E-state index contributed by atoms with van der Waals surface area (Å²) in [7, 11) is -3.96. The van der Waals surface area contributed by atoms with Crippen molar-refractivity contribution in [3.63, 3.8) is 0 Å². The molecule has 0 radical (unpaired) electrons. The van der Waals surface area contributed by atoms with E-state index in [1.807, 2.05) is 0 Å². The lowest BCUT2D eigenvalue weighted by Crippen LogP contribution is -2.27. The van der Waals surface area contributed by atoms with Gasteiger partial charge in [0.1, 0.15) is 5.60 Å². The molecule has 0 unspecified atom stereocenters. The minimum absolute atomic E-state index is 0.161. The van der Waals surface area contributed by atoms with Crippen LogP contribution in [-0.4, -0.2) is 20.1 Å². The maximum atomic E-state index is 11.5. The van der Waals surface area contributed by atoms with Gasteiger partial charge in [0, 0.05) is 5.69 Å². The second-order valence-electron chi connectivity index (χ2n) is 5.08. The lowest BCUT2D eigenvalue weighted by Gasteiger charge is -2.19. The molecule has 8 heteroatoms. The van der Waals surface area contributed by atoms with E-state index in [-0.39, 0.29) is 6.61 Å². The number of ether oxygens (including phenoxy) is 1. The predicted octanol–water partition coefficient (Wildman–Crippen LogP) is 1.75. The van der Waals surface area contributed by atoms with Gasteiger partial charge in [-0.1, -0.05) is 12.1 Å². The number of benzene rings is 1. The number of nitrogens with one attached hydrogen (secondary N) is 1. The largest absolute Gasteiger partial charge is 0.444 e. The van der Waals surface area contributed by atoms with E-state index < -0.39 is 22.0 Å². The first-order valence-electron chi connectivity index (χ1n) is 5.81. The van der Waals surface area contributed by atoms with Gasteiger partial charge in [0.15, 0.2) is 0 Å². The first-order chi connectivity index (χ1) is 9.05. The summed E-state index contributed by atoms with van der Waals surface area (Å²) in [6.07, 6.45) is -0.564. The highest BCUT2D eigenvalue weighted by molar-refractivity contribution is 7.84. The van der Waals surface area contributed by atoms with Gasteiger partial charge in [0.05, 0.1) is 6.61 Å². The maximum absolute atomic E-state index is 11.5. The molecule has 112 valence electrons. The monoisotopic (exact) mass is 302 g/mol. The third-order valence-corrected chi connectivity index (χ3v) is 2.44. The SMILES string of the molecule is CC(C)(C)OC(=O)Nc1ccc(COS(N)(=O)=O)cc1. The fourth-order valence-electron chi connectivity index (χ4n) is 1.26. The van der Waals surface area contributed by atoms with Crippen LogP contribution in [0.1, 0.15) is 26.3 Å². The average molecular weight is 302 g/mol. The summed E-state index contributed by atoms with van der Waals surface area (Å²) >= 11 is 0. The quantitative estimate of drug-likeness (QED) is 0.881. The lowest BCUT2D eigenvalue weighted by atomic mass is 10.2. The van der Waals surface area contributed by atoms with Crippen LogP contribution >= 0.6 is 0 Å². The van der Waals surface area contributed by atoms with Crippen LogP contribution in [0.25, 0.3) is 0 Å². The van der Waals surface area contributed by atoms with Crippen molar-refractivity contribution in [2.45, 2.75) is 33.0 Å². The van der Waals surface area contributed by atoms with Gasteiger partial charge in [-0.15, -0.1) is 0 Å². The van der Waals surface area contributed by atoms with E-state index in [1.165, 1.54) is 0 Å². The van der Waals surface area contributed by atoms with Crippen LogP contribution in [0.5, 0.6) is 0 Å². The molecule has 3 N–H and O–H groups in total. The van der Waals surface area contributed by atoms with Crippen molar-refractivity contribution in [3.05, 3.63) is 29.8 Å². The van der Waals surface area contributed by atoms with Crippen LogP contribution in [0.15, 0.2) is 24.3 Å². The molecule has 0 fully saturated rings. The molecule has 0 heterocycles. The average Bonchev–Trinajstić information content (AvgIpc) is 2.24. The standard InChI is InChI=1S/C12H18N2O5S/c1-12(2,3)19-11(15)14-10-6-4-9(5-7-10)8-18-20(13,16)17/h4-7H,8H2,1-3H3,(H,14,15)(H2,13,16,17). The third kappa shape index (κ3) is 7.07. The molecule has 7 nitrogen and oxygen atoms in total. The molecule has 0 aromatic heterocycles. The van der Waals surface area contributed by atoms with Gasteiger partial charge in [0.25, 0.3) is 0 Å². The Balaban J connectivity index is 2.57. The summed E-state index contributed by atoms with van der Waals surface area (Å²) in [6.45, 7) is 5.13. The molecule has 0 saturated heterocycles. The number of carbonyl (C=O) groups excluding carboxylic acids is 1. The Labute approximate surface area is 118 Å². The van der Waals surface area contributed by atoms with Crippen molar-refractivity contribution in [3.8, 4) is 0 Å². The molecule has 0 saturated carbocycles. The Morgan fingerprint density at radius 3 is 2.25 bits per heavy atom. The van der Waals surface area contributed by atoms with E-state index in [2.05, 4.69) is 9.50 Å². The zero-order valence-corrected chi connectivity index (χ0v) is 12.4. The number of amides is 1. The van der Waals surface area contributed by atoms with Crippen molar-refractivity contribution in [1.82, 2.24) is 0 Å². The fraction of sp³-hybridized carbons (Fsp3) is 0.417. The van der Waals surface area contributed by atoms with Crippen molar-refractivity contribution in [2.75, 3.05) is 5.32 Å². The second kappa shape index (κ2) is 6.21. The van der Waals surface area contributed by atoms with Gasteiger partial charge in [-0.3, -0.25) is 9.50 Å². The molecule has 1 amide bonds. The van der Waals surface area contributed by atoms with Crippen molar-refractivity contribution in [1.29, 1.82) is 0 Å². The van der Waals surface area contributed by atoms with Crippen LogP contribution in [-0.2, 0) is 25.8 Å². The molecular formula is C12H18N2O5S. The Morgan fingerprint density at radius 2 is 1.80 bits per heavy atom. The first kappa shape index (κ1) is 16.4. The molecule has 1 aromatic rings. The van der Waals surface area contributed by atoms with Gasteiger partial charge in [0.2, 0.25) is 0 Å².